The number of hydrogen-bond acceptors (Lipinski definition) is 3. The molecular formula is C18H16N2O2. The number of hydrogen-bond donors (Lipinski definition) is 1. The number of ether oxygens (including phenoxy) is 1. The van der Waals surface area contributed by atoms with Gasteiger partial charge in [0.1, 0.15) is 0 Å². The van der Waals surface area contributed by atoms with Crippen LogP contribution in [0.5, 0.6) is 0 Å². The highest BCUT2D eigenvalue weighted by Crippen LogP contribution is 2.18. The Labute approximate surface area is 128 Å². The van der Waals surface area contributed by atoms with Crippen molar-refractivity contribution in [3.05, 3.63) is 71.9 Å². The summed E-state index contributed by atoms with van der Waals surface area (Å²) in [4.78, 5) is 16.7. The van der Waals surface area contributed by atoms with Gasteiger partial charge in [0.15, 0.2) is 0 Å². The van der Waals surface area contributed by atoms with Gasteiger partial charge < -0.3 is 10.1 Å². The molecule has 0 saturated heterocycles. The Balaban J connectivity index is 1.86. The smallest absolute Gasteiger partial charge is 0.256 e. The number of benzene rings is 2. The van der Waals surface area contributed by atoms with E-state index in [4.69, 9.17) is 4.74 Å². The van der Waals surface area contributed by atoms with Gasteiger partial charge in [-0.3, -0.25) is 9.78 Å². The first kappa shape index (κ1) is 14.2. The fraction of sp³-hybridized carbons (Fsp3) is 0.111. The van der Waals surface area contributed by atoms with E-state index in [9.17, 15) is 4.79 Å². The van der Waals surface area contributed by atoms with Crippen molar-refractivity contribution >= 4 is 22.5 Å². The van der Waals surface area contributed by atoms with Gasteiger partial charge >= 0.3 is 0 Å². The molecule has 4 nitrogen and oxygen atoms in total. The van der Waals surface area contributed by atoms with Gasteiger partial charge in [-0.05, 0) is 35.9 Å². The second kappa shape index (κ2) is 6.37. The Morgan fingerprint density at radius 1 is 1.14 bits per heavy atom. The molecule has 1 aromatic heterocycles. The van der Waals surface area contributed by atoms with Gasteiger partial charge in [-0.25, -0.2) is 0 Å². The summed E-state index contributed by atoms with van der Waals surface area (Å²) in [5.41, 5.74) is 3.14. The van der Waals surface area contributed by atoms with Gasteiger partial charge in [-0.2, -0.15) is 0 Å². The van der Waals surface area contributed by atoms with Crippen LogP contribution in [0.3, 0.4) is 0 Å². The fourth-order valence-electron chi connectivity index (χ4n) is 2.37. The van der Waals surface area contributed by atoms with Crippen molar-refractivity contribution in [2.75, 3.05) is 12.4 Å². The molecule has 0 aliphatic carbocycles. The molecule has 0 saturated carbocycles. The molecule has 110 valence electrons. The van der Waals surface area contributed by atoms with Crippen LogP contribution in [0.1, 0.15) is 15.9 Å². The molecule has 0 spiro atoms. The van der Waals surface area contributed by atoms with E-state index in [1.165, 1.54) is 0 Å². The van der Waals surface area contributed by atoms with Gasteiger partial charge in [-0.1, -0.05) is 24.3 Å². The normalized spacial score (nSPS) is 10.6. The number of amides is 1. The van der Waals surface area contributed by atoms with Crippen molar-refractivity contribution in [2.45, 2.75) is 6.61 Å². The largest absolute Gasteiger partial charge is 0.380 e. The van der Waals surface area contributed by atoms with E-state index >= 15 is 0 Å². The minimum absolute atomic E-state index is 0.143. The minimum Gasteiger partial charge on any atom is -0.380 e. The summed E-state index contributed by atoms with van der Waals surface area (Å²) >= 11 is 0. The Hall–Kier alpha value is -2.72. The lowest BCUT2D eigenvalue weighted by atomic mass is 10.1. The van der Waals surface area contributed by atoms with Crippen molar-refractivity contribution in [2.24, 2.45) is 0 Å². The third kappa shape index (κ3) is 2.97. The third-order valence-corrected chi connectivity index (χ3v) is 3.42. The van der Waals surface area contributed by atoms with Crippen molar-refractivity contribution in [1.82, 2.24) is 4.98 Å². The maximum Gasteiger partial charge on any atom is 0.256 e. The SMILES string of the molecule is COCc1ccccc1C(=O)Nc1ccc2ncccc2c1. The average Bonchev–Trinajstić information content (AvgIpc) is 2.55. The van der Waals surface area contributed by atoms with E-state index in [-0.39, 0.29) is 5.91 Å². The quantitative estimate of drug-likeness (QED) is 0.799. The third-order valence-electron chi connectivity index (χ3n) is 3.42. The molecule has 0 atom stereocenters. The molecular weight excluding hydrogens is 276 g/mol. The zero-order valence-corrected chi connectivity index (χ0v) is 12.2. The lowest BCUT2D eigenvalue weighted by Crippen LogP contribution is -2.14. The summed E-state index contributed by atoms with van der Waals surface area (Å²) in [6.45, 7) is 0.408. The topological polar surface area (TPSA) is 51.2 Å². The molecule has 2 aromatic carbocycles. The molecule has 3 rings (SSSR count). The van der Waals surface area contributed by atoms with Crippen LogP contribution in [0, 0.1) is 0 Å². The number of anilines is 1. The number of nitrogens with one attached hydrogen (secondary N) is 1. The van der Waals surface area contributed by atoms with Gasteiger partial charge in [-0.15, -0.1) is 0 Å². The first-order valence-corrected chi connectivity index (χ1v) is 7.01. The summed E-state index contributed by atoms with van der Waals surface area (Å²) in [5.74, 6) is -0.143. The lowest BCUT2D eigenvalue weighted by Gasteiger charge is -2.10. The van der Waals surface area contributed by atoms with Crippen molar-refractivity contribution in [3.63, 3.8) is 0 Å². The summed E-state index contributed by atoms with van der Waals surface area (Å²) in [7, 11) is 1.62. The molecule has 0 bridgehead atoms. The second-order valence-corrected chi connectivity index (χ2v) is 4.96. The second-order valence-electron chi connectivity index (χ2n) is 4.96. The van der Waals surface area contributed by atoms with E-state index in [1.54, 1.807) is 19.4 Å². The molecule has 1 N–H and O–H groups in total. The maximum atomic E-state index is 12.5. The van der Waals surface area contributed by atoms with E-state index < -0.39 is 0 Å². The van der Waals surface area contributed by atoms with E-state index in [1.807, 2.05) is 48.5 Å². The Kier molecular flexibility index (Phi) is 4.12. The molecule has 0 aliphatic rings. The van der Waals surface area contributed by atoms with Crippen LogP contribution in [-0.4, -0.2) is 18.0 Å². The monoisotopic (exact) mass is 292 g/mol. The van der Waals surface area contributed by atoms with Crippen LogP contribution < -0.4 is 5.32 Å². The predicted molar refractivity (Wildman–Crippen MR) is 86.9 cm³/mol. The standard InChI is InChI=1S/C18H16N2O2/c1-22-12-14-5-2-3-7-16(14)18(21)20-15-8-9-17-13(11-15)6-4-10-19-17/h2-11H,12H2,1H3,(H,20,21). The summed E-state index contributed by atoms with van der Waals surface area (Å²) in [6, 6.07) is 16.9. The van der Waals surface area contributed by atoms with E-state index in [0.29, 0.717) is 12.2 Å². The molecule has 0 unspecified atom stereocenters. The minimum atomic E-state index is -0.143. The van der Waals surface area contributed by atoms with Crippen LogP contribution >= 0.6 is 0 Å². The Morgan fingerprint density at radius 3 is 2.86 bits per heavy atom. The molecule has 4 heteroatoms. The summed E-state index contributed by atoms with van der Waals surface area (Å²) < 4.78 is 5.14. The van der Waals surface area contributed by atoms with Crippen molar-refractivity contribution < 1.29 is 9.53 Å². The molecule has 3 aromatic rings. The number of methoxy groups -OCH3 is 1. The molecule has 1 amide bonds. The fourth-order valence-corrected chi connectivity index (χ4v) is 2.37. The first-order valence-electron chi connectivity index (χ1n) is 7.01. The molecule has 22 heavy (non-hydrogen) atoms. The van der Waals surface area contributed by atoms with Crippen LogP contribution in [0.25, 0.3) is 10.9 Å². The average molecular weight is 292 g/mol. The van der Waals surface area contributed by atoms with Gasteiger partial charge in [0.2, 0.25) is 0 Å². The highest BCUT2D eigenvalue weighted by Gasteiger charge is 2.11. The van der Waals surface area contributed by atoms with Crippen LogP contribution in [-0.2, 0) is 11.3 Å². The first-order chi connectivity index (χ1) is 10.8. The van der Waals surface area contributed by atoms with Gasteiger partial charge in [0, 0.05) is 29.9 Å². The number of carbonyl (C=O) groups excluding carboxylic acids is 1. The predicted octanol–water partition coefficient (Wildman–Crippen LogP) is 3.63. The number of nitrogens with zero attached hydrogens (tertiary/aromatic N) is 1. The number of rotatable bonds is 4. The number of fused-ring (bicyclic) bond motifs is 1. The Bertz CT molecular complexity index is 815. The zero-order chi connectivity index (χ0) is 15.4. The lowest BCUT2D eigenvalue weighted by molar-refractivity contribution is 0.102. The van der Waals surface area contributed by atoms with Crippen LogP contribution in [0.15, 0.2) is 60.8 Å². The number of carbonyl (C=O) groups is 1. The van der Waals surface area contributed by atoms with E-state index in [0.717, 1.165) is 22.2 Å². The van der Waals surface area contributed by atoms with Crippen LogP contribution in [0.4, 0.5) is 5.69 Å². The maximum absolute atomic E-state index is 12.5. The van der Waals surface area contributed by atoms with Gasteiger partial charge in [0.25, 0.3) is 5.91 Å². The number of pyridine rings is 1. The summed E-state index contributed by atoms with van der Waals surface area (Å²) in [5, 5.41) is 3.92. The van der Waals surface area contributed by atoms with Crippen LogP contribution in [0.2, 0.25) is 0 Å². The van der Waals surface area contributed by atoms with Crippen molar-refractivity contribution in [3.8, 4) is 0 Å². The van der Waals surface area contributed by atoms with E-state index in [2.05, 4.69) is 10.3 Å². The Morgan fingerprint density at radius 2 is 2.00 bits per heavy atom. The molecule has 0 aliphatic heterocycles. The zero-order valence-electron chi connectivity index (χ0n) is 12.2. The highest BCUT2D eigenvalue weighted by molar-refractivity contribution is 6.06. The summed E-state index contributed by atoms with van der Waals surface area (Å²) in [6.07, 6.45) is 1.75. The molecule has 0 radical (unpaired) electrons. The van der Waals surface area contributed by atoms with Gasteiger partial charge in [0.05, 0.1) is 12.1 Å². The van der Waals surface area contributed by atoms with Crippen molar-refractivity contribution in [1.29, 1.82) is 0 Å². The number of aromatic nitrogens is 1. The highest BCUT2D eigenvalue weighted by atomic mass is 16.5. The molecule has 0 fully saturated rings. The molecule has 1 heterocycles.